The van der Waals surface area contributed by atoms with Crippen LogP contribution in [0, 0.1) is 5.92 Å². The molecule has 1 saturated heterocycles. The Hall–Kier alpha value is -0.180. The van der Waals surface area contributed by atoms with Gasteiger partial charge in [0.2, 0.25) is 0 Å². The van der Waals surface area contributed by atoms with Gasteiger partial charge in [-0.1, -0.05) is 20.3 Å². The van der Waals surface area contributed by atoms with Crippen LogP contribution in [0.2, 0.25) is 0 Å². The van der Waals surface area contributed by atoms with Crippen molar-refractivity contribution in [2.45, 2.75) is 64.2 Å². The standard InChI is InChI=1S/C13H24O2S/c1-10(2)11(3)15-13(14)7-5-4-6-12-8-9-16-12/h10-12H,4-9H2,1-3H3. The van der Waals surface area contributed by atoms with E-state index in [9.17, 15) is 4.79 Å². The van der Waals surface area contributed by atoms with E-state index in [1.165, 1.54) is 25.0 Å². The van der Waals surface area contributed by atoms with Gasteiger partial charge in [-0.2, -0.15) is 11.8 Å². The number of carbonyl (C=O) groups is 1. The van der Waals surface area contributed by atoms with Gasteiger partial charge in [0.1, 0.15) is 6.10 Å². The molecule has 1 rings (SSSR count). The van der Waals surface area contributed by atoms with Crippen molar-refractivity contribution in [1.29, 1.82) is 0 Å². The molecular weight excluding hydrogens is 220 g/mol. The Morgan fingerprint density at radius 3 is 2.56 bits per heavy atom. The van der Waals surface area contributed by atoms with Crippen molar-refractivity contribution in [3.8, 4) is 0 Å². The fourth-order valence-electron chi connectivity index (χ4n) is 1.56. The number of unbranched alkanes of at least 4 members (excludes halogenated alkanes) is 1. The van der Waals surface area contributed by atoms with Crippen molar-refractivity contribution in [1.82, 2.24) is 0 Å². The molecule has 16 heavy (non-hydrogen) atoms. The Morgan fingerprint density at radius 1 is 1.38 bits per heavy atom. The first-order chi connectivity index (χ1) is 7.59. The monoisotopic (exact) mass is 244 g/mol. The lowest BCUT2D eigenvalue weighted by Crippen LogP contribution is -2.20. The Morgan fingerprint density at radius 2 is 2.06 bits per heavy atom. The van der Waals surface area contributed by atoms with E-state index in [-0.39, 0.29) is 12.1 Å². The van der Waals surface area contributed by atoms with Crippen LogP contribution in [0.5, 0.6) is 0 Å². The first kappa shape index (κ1) is 13.9. The molecule has 0 saturated carbocycles. The highest BCUT2D eigenvalue weighted by atomic mass is 32.2. The molecule has 1 aliphatic heterocycles. The van der Waals surface area contributed by atoms with E-state index >= 15 is 0 Å². The second-order valence-electron chi connectivity index (χ2n) is 4.97. The van der Waals surface area contributed by atoms with Gasteiger partial charge in [-0.3, -0.25) is 4.79 Å². The summed E-state index contributed by atoms with van der Waals surface area (Å²) in [7, 11) is 0. The Balaban J connectivity index is 1.96. The number of hydrogen-bond acceptors (Lipinski definition) is 3. The zero-order valence-corrected chi connectivity index (χ0v) is 11.5. The molecular formula is C13H24O2S. The topological polar surface area (TPSA) is 26.3 Å². The molecule has 94 valence electrons. The molecule has 2 atom stereocenters. The number of thioether (sulfide) groups is 1. The first-order valence-corrected chi connectivity index (χ1v) is 7.45. The fourth-order valence-corrected chi connectivity index (χ4v) is 2.46. The van der Waals surface area contributed by atoms with Crippen molar-refractivity contribution in [2.75, 3.05) is 5.75 Å². The third kappa shape index (κ3) is 5.24. The molecule has 3 heteroatoms. The lowest BCUT2D eigenvalue weighted by Gasteiger charge is -2.24. The van der Waals surface area contributed by atoms with Crippen molar-refractivity contribution < 1.29 is 9.53 Å². The second-order valence-corrected chi connectivity index (χ2v) is 6.37. The van der Waals surface area contributed by atoms with Crippen LogP contribution in [0.3, 0.4) is 0 Å². The Labute approximate surface area is 104 Å². The Bertz CT molecular complexity index is 212. The summed E-state index contributed by atoms with van der Waals surface area (Å²) in [5.74, 6) is 1.72. The van der Waals surface area contributed by atoms with Crippen LogP contribution in [-0.4, -0.2) is 23.1 Å². The Kier molecular flexibility index (Phi) is 6.25. The first-order valence-electron chi connectivity index (χ1n) is 6.40. The summed E-state index contributed by atoms with van der Waals surface area (Å²) in [4.78, 5) is 11.5. The summed E-state index contributed by atoms with van der Waals surface area (Å²) in [5.41, 5.74) is 0. The summed E-state index contributed by atoms with van der Waals surface area (Å²) in [5, 5.41) is 0.880. The second kappa shape index (κ2) is 7.21. The number of ether oxygens (including phenoxy) is 1. The highest BCUT2D eigenvalue weighted by molar-refractivity contribution is 8.01. The van der Waals surface area contributed by atoms with Gasteiger partial charge in [0, 0.05) is 11.7 Å². The van der Waals surface area contributed by atoms with Crippen LogP contribution >= 0.6 is 11.8 Å². The summed E-state index contributed by atoms with van der Waals surface area (Å²) in [6.07, 6.45) is 5.45. The van der Waals surface area contributed by atoms with Gasteiger partial charge in [-0.05, 0) is 37.9 Å². The molecule has 0 amide bonds. The molecule has 1 heterocycles. The van der Waals surface area contributed by atoms with Gasteiger partial charge in [0.05, 0.1) is 0 Å². The maximum atomic E-state index is 11.5. The summed E-state index contributed by atoms with van der Waals surface area (Å²) in [6, 6.07) is 0. The van der Waals surface area contributed by atoms with E-state index in [0.29, 0.717) is 12.3 Å². The quantitative estimate of drug-likeness (QED) is 0.505. The van der Waals surface area contributed by atoms with Crippen LogP contribution in [0.4, 0.5) is 0 Å². The predicted octanol–water partition coefficient (Wildman–Crippen LogP) is 3.64. The van der Waals surface area contributed by atoms with Gasteiger partial charge < -0.3 is 4.74 Å². The number of carbonyl (C=O) groups excluding carboxylic acids is 1. The molecule has 0 radical (unpaired) electrons. The van der Waals surface area contributed by atoms with Crippen molar-refractivity contribution in [3.63, 3.8) is 0 Å². The molecule has 0 aliphatic carbocycles. The minimum Gasteiger partial charge on any atom is -0.462 e. The minimum atomic E-state index is -0.0255. The van der Waals surface area contributed by atoms with E-state index in [0.717, 1.165) is 11.7 Å². The average Bonchev–Trinajstić information content (AvgIpc) is 2.14. The molecule has 0 spiro atoms. The molecule has 2 nitrogen and oxygen atoms in total. The van der Waals surface area contributed by atoms with Crippen LogP contribution in [0.1, 0.15) is 52.9 Å². The normalized spacial score (nSPS) is 21.6. The lowest BCUT2D eigenvalue weighted by atomic mass is 10.1. The zero-order valence-electron chi connectivity index (χ0n) is 10.7. The van der Waals surface area contributed by atoms with Gasteiger partial charge in [-0.15, -0.1) is 0 Å². The molecule has 0 aromatic carbocycles. The average molecular weight is 244 g/mol. The number of hydrogen-bond donors (Lipinski definition) is 0. The van der Waals surface area contributed by atoms with Gasteiger partial charge in [-0.25, -0.2) is 0 Å². The third-order valence-electron chi connectivity index (χ3n) is 3.21. The van der Waals surface area contributed by atoms with E-state index in [4.69, 9.17) is 4.74 Å². The van der Waals surface area contributed by atoms with E-state index in [2.05, 4.69) is 25.6 Å². The molecule has 0 N–H and O–H groups in total. The van der Waals surface area contributed by atoms with Crippen molar-refractivity contribution >= 4 is 17.7 Å². The van der Waals surface area contributed by atoms with Crippen LogP contribution in [0.25, 0.3) is 0 Å². The SMILES string of the molecule is CC(C)C(C)OC(=O)CCCCC1CCS1. The van der Waals surface area contributed by atoms with Crippen LogP contribution in [-0.2, 0) is 9.53 Å². The molecule has 0 bridgehead atoms. The van der Waals surface area contributed by atoms with Gasteiger partial charge in [0.25, 0.3) is 0 Å². The highest BCUT2D eigenvalue weighted by Gasteiger charge is 2.17. The van der Waals surface area contributed by atoms with Gasteiger partial charge in [0.15, 0.2) is 0 Å². The highest BCUT2D eigenvalue weighted by Crippen LogP contribution is 2.31. The smallest absolute Gasteiger partial charge is 0.306 e. The maximum absolute atomic E-state index is 11.5. The number of esters is 1. The minimum absolute atomic E-state index is 0.0255. The summed E-state index contributed by atoms with van der Waals surface area (Å²) < 4.78 is 5.31. The van der Waals surface area contributed by atoms with Crippen LogP contribution in [0.15, 0.2) is 0 Å². The summed E-state index contributed by atoms with van der Waals surface area (Å²) >= 11 is 2.06. The van der Waals surface area contributed by atoms with E-state index in [1.54, 1.807) is 0 Å². The zero-order chi connectivity index (χ0) is 12.0. The van der Waals surface area contributed by atoms with Crippen molar-refractivity contribution in [3.05, 3.63) is 0 Å². The summed E-state index contributed by atoms with van der Waals surface area (Å²) in [6.45, 7) is 6.12. The molecule has 1 aliphatic rings. The third-order valence-corrected chi connectivity index (χ3v) is 4.62. The lowest BCUT2D eigenvalue weighted by molar-refractivity contribution is -0.150. The molecule has 1 fully saturated rings. The molecule has 0 aromatic heterocycles. The van der Waals surface area contributed by atoms with Gasteiger partial charge >= 0.3 is 5.97 Å². The molecule has 0 aromatic rings. The van der Waals surface area contributed by atoms with E-state index < -0.39 is 0 Å². The molecule has 2 unspecified atom stereocenters. The largest absolute Gasteiger partial charge is 0.462 e. The maximum Gasteiger partial charge on any atom is 0.306 e. The number of rotatable bonds is 7. The van der Waals surface area contributed by atoms with Crippen LogP contribution < -0.4 is 0 Å². The van der Waals surface area contributed by atoms with E-state index in [1.807, 2.05) is 6.92 Å². The van der Waals surface area contributed by atoms with Crippen molar-refractivity contribution in [2.24, 2.45) is 5.92 Å². The fraction of sp³-hybridized carbons (Fsp3) is 0.923. The predicted molar refractivity (Wildman–Crippen MR) is 69.7 cm³/mol.